The highest BCUT2D eigenvalue weighted by atomic mass is 16.3. The summed E-state index contributed by atoms with van der Waals surface area (Å²) in [7, 11) is 1.73. The van der Waals surface area contributed by atoms with Gasteiger partial charge in [0.15, 0.2) is 11.7 Å². The van der Waals surface area contributed by atoms with Crippen molar-refractivity contribution < 1.29 is 9.21 Å². The van der Waals surface area contributed by atoms with E-state index < -0.39 is 5.91 Å². The van der Waals surface area contributed by atoms with Gasteiger partial charge in [0.1, 0.15) is 5.76 Å². The Balaban J connectivity index is 1.99. The van der Waals surface area contributed by atoms with E-state index in [1.807, 2.05) is 6.07 Å². The molecule has 1 aromatic heterocycles. The zero-order chi connectivity index (χ0) is 19.0. The minimum atomic E-state index is -0.572. The zero-order valence-electron chi connectivity index (χ0n) is 15.7. The highest BCUT2D eigenvalue weighted by Crippen LogP contribution is 2.30. The molecule has 26 heavy (non-hydrogen) atoms. The number of carbonyl (C=O) groups is 1. The number of amides is 1. The molecule has 0 unspecified atom stereocenters. The van der Waals surface area contributed by atoms with Gasteiger partial charge in [-0.2, -0.15) is 0 Å². The molecule has 0 saturated carbocycles. The van der Waals surface area contributed by atoms with Gasteiger partial charge in [0, 0.05) is 19.0 Å². The van der Waals surface area contributed by atoms with Crippen LogP contribution in [0, 0.1) is 0 Å². The molecule has 0 aliphatic heterocycles. The first-order chi connectivity index (χ1) is 12.5. The number of primary amides is 1. The third-order valence-electron chi connectivity index (χ3n) is 4.89. The Hall–Kier alpha value is -2.76. The molecule has 0 aliphatic carbocycles. The Morgan fingerprint density at radius 3 is 2.35 bits per heavy atom. The van der Waals surface area contributed by atoms with Crippen molar-refractivity contribution in [3.63, 3.8) is 0 Å². The predicted molar refractivity (Wildman–Crippen MR) is 104 cm³/mol. The maximum absolute atomic E-state index is 11.1. The Bertz CT molecular complexity index is 733. The number of hydrogen-bond acceptors (Lipinski definition) is 3. The highest BCUT2D eigenvalue weighted by molar-refractivity contribution is 5.89. The lowest BCUT2D eigenvalue weighted by atomic mass is 9.76. The van der Waals surface area contributed by atoms with Gasteiger partial charge in [0.2, 0.25) is 0 Å². The van der Waals surface area contributed by atoms with Gasteiger partial charge in [-0.1, -0.05) is 44.2 Å². The van der Waals surface area contributed by atoms with E-state index in [2.05, 4.69) is 53.7 Å². The average Bonchev–Trinajstić information content (AvgIpc) is 3.15. The van der Waals surface area contributed by atoms with Gasteiger partial charge >= 0.3 is 0 Å². The Morgan fingerprint density at radius 2 is 1.81 bits per heavy atom. The molecule has 6 nitrogen and oxygen atoms in total. The van der Waals surface area contributed by atoms with Crippen LogP contribution in [0.25, 0.3) is 0 Å². The smallest absolute Gasteiger partial charge is 0.284 e. The van der Waals surface area contributed by atoms with Gasteiger partial charge < -0.3 is 20.8 Å². The Morgan fingerprint density at radius 1 is 1.12 bits per heavy atom. The van der Waals surface area contributed by atoms with Gasteiger partial charge in [-0.25, -0.2) is 0 Å². The van der Waals surface area contributed by atoms with Crippen molar-refractivity contribution in [3.8, 4) is 0 Å². The summed E-state index contributed by atoms with van der Waals surface area (Å²) in [6, 6.07) is 13.9. The van der Waals surface area contributed by atoms with E-state index in [9.17, 15) is 4.79 Å². The van der Waals surface area contributed by atoms with Crippen LogP contribution < -0.4 is 16.4 Å². The molecule has 2 rings (SSSR count). The molecule has 1 heterocycles. The summed E-state index contributed by atoms with van der Waals surface area (Å²) in [6.07, 6.45) is 2.05. The van der Waals surface area contributed by atoms with Gasteiger partial charge in [0.25, 0.3) is 5.91 Å². The molecule has 0 saturated heterocycles. The number of nitrogens with two attached hydrogens (primary N) is 1. The first-order valence-corrected chi connectivity index (χ1v) is 8.93. The monoisotopic (exact) mass is 356 g/mol. The van der Waals surface area contributed by atoms with E-state index in [-0.39, 0.29) is 11.2 Å². The lowest BCUT2D eigenvalue weighted by molar-refractivity contribution is 0.0972. The molecule has 2 aromatic rings. The van der Waals surface area contributed by atoms with Gasteiger partial charge in [0.05, 0.1) is 6.54 Å². The normalized spacial score (nSPS) is 12.0. The van der Waals surface area contributed by atoms with Crippen molar-refractivity contribution in [1.82, 2.24) is 10.6 Å². The standard InChI is InChI=1S/C20H28N4O2/c1-4-20(5-2,15-9-7-6-8-10-15)14-24-19(22-3)23-13-16-11-12-17(26-16)18(21)25/h6-12H,4-5,13-14H2,1-3H3,(H2,21,25)(H2,22,23,24). The molecule has 140 valence electrons. The van der Waals surface area contributed by atoms with Crippen LogP contribution in [-0.4, -0.2) is 25.5 Å². The molecule has 6 heteroatoms. The maximum Gasteiger partial charge on any atom is 0.284 e. The minimum absolute atomic E-state index is 0.0443. The molecule has 0 spiro atoms. The SMILES string of the molecule is CCC(CC)(CNC(=NC)NCc1ccc(C(N)=O)o1)c1ccccc1. The fourth-order valence-electron chi connectivity index (χ4n) is 3.05. The number of hydrogen-bond donors (Lipinski definition) is 3. The molecule has 0 aliphatic rings. The maximum atomic E-state index is 11.1. The van der Waals surface area contributed by atoms with Gasteiger partial charge in [-0.15, -0.1) is 0 Å². The zero-order valence-corrected chi connectivity index (χ0v) is 15.7. The van der Waals surface area contributed by atoms with Crippen LogP contribution in [-0.2, 0) is 12.0 Å². The Labute approximate surface area is 154 Å². The molecule has 1 amide bonds. The van der Waals surface area contributed by atoms with Crippen molar-refractivity contribution >= 4 is 11.9 Å². The summed E-state index contributed by atoms with van der Waals surface area (Å²) in [4.78, 5) is 15.4. The summed E-state index contributed by atoms with van der Waals surface area (Å²) >= 11 is 0. The van der Waals surface area contributed by atoms with E-state index >= 15 is 0 Å². The number of nitrogens with one attached hydrogen (secondary N) is 2. The average molecular weight is 356 g/mol. The lowest BCUT2D eigenvalue weighted by Crippen LogP contribution is -2.45. The molecular formula is C20H28N4O2. The van der Waals surface area contributed by atoms with Crippen LogP contribution in [0.4, 0.5) is 0 Å². The third-order valence-corrected chi connectivity index (χ3v) is 4.89. The Kier molecular flexibility index (Phi) is 6.83. The fraction of sp³-hybridized carbons (Fsp3) is 0.400. The second kappa shape index (κ2) is 9.08. The topological polar surface area (TPSA) is 92.6 Å². The summed E-state index contributed by atoms with van der Waals surface area (Å²) in [5.74, 6) is 0.897. The van der Waals surface area contributed by atoms with Crippen LogP contribution in [0.15, 0.2) is 51.9 Å². The van der Waals surface area contributed by atoms with E-state index in [1.54, 1.807) is 19.2 Å². The number of rotatable bonds is 8. The third kappa shape index (κ3) is 4.65. The lowest BCUT2D eigenvalue weighted by Gasteiger charge is -2.33. The largest absolute Gasteiger partial charge is 0.454 e. The summed E-state index contributed by atoms with van der Waals surface area (Å²) in [5, 5.41) is 6.62. The molecule has 4 N–H and O–H groups in total. The van der Waals surface area contributed by atoms with E-state index in [0.717, 1.165) is 19.4 Å². The number of carbonyl (C=O) groups excluding carboxylic acids is 1. The van der Waals surface area contributed by atoms with Crippen molar-refractivity contribution in [2.24, 2.45) is 10.7 Å². The minimum Gasteiger partial charge on any atom is -0.454 e. The van der Waals surface area contributed by atoms with Crippen molar-refractivity contribution in [2.75, 3.05) is 13.6 Å². The molecule has 0 atom stereocenters. The van der Waals surface area contributed by atoms with Crippen LogP contribution in [0.5, 0.6) is 0 Å². The fourth-order valence-corrected chi connectivity index (χ4v) is 3.05. The van der Waals surface area contributed by atoms with Gasteiger partial charge in [-0.05, 0) is 30.5 Å². The quantitative estimate of drug-likeness (QED) is 0.501. The van der Waals surface area contributed by atoms with Crippen LogP contribution in [0.3, 0.4) is 0 Å². The molecule has 0 bridgehead atoms. The number of benzene rings is 1. The van der Waals surface area contributed by atoms with Crippen molar-refractivity contribution in [1.29, 1.82) is 0 Å². The molecule has 0 radical (unpaired) electrons. The van der Waals surface area contributed by atoms with Gasteiger partial charge in [-0.3, -0.25) is 9.79 Å². The summed E-state index contributed by atoms with van der Waals surface area (Å²) < 4.78 is 5.38. The van der Waals surface area contributed by atoms with E-state index in [4.69, 9.17) is 10.2 Å². The van der Waals surface area contributed by atoms with E-state index in [0.29, 0.717) is 18.3 Å². The number of aliphatic imine (C=N–C) groups is 1. The first-order valence-electron chi connectivity index (χ1n) is 8.93. The molecule has 0 fully saturated rings. The number of nitrogens with zero attached hydrogens (tertiary/aromatic N) is 1. The summed E-state index contributed by atoms with van der Waals surface area (Å²) in [6.45, 7) is 5.61. The molecule has 1 aromatic carbocycles. The van der Waals surface area contributed by atoms with Crippen LogP contribution >= 0.6 is 0 Å². The van der Waals surface area contributed by atoms with E-state index in [1.165, 1.54) is 5.56 Å². The molecular weight excluding hydrogens is 328 g/mol. The highest BCUT2D eigenvalue weighted by Gasteiger charge is 2.28. The first kappa shape index (κ1) is 19.6. The number of furan rings is 1. The second-order valence-corrected chi connectivity index (χ2v) is 6.26. The summed E-state index contributed by atoms with van der Waals surface area (Å²) in [5.41, 5.74) is 6.57. The van der Waals surface area contributed by atoms with Crippen molar-refractivity contribution in [3.05, 3.63) is 59.5 Å². The van der Waals surface area contributed by atoms with Crippen molar-refractivity contribution in [2.45, 2.75) is 38.6 Å². The van der Waals surface area contributed by atoms with Crippen LogP contribution in [0.2, 0.25) is 0 Å². The number of guanidine groups is 1. The second-order valence-electron chi connectivity index (χ2n) is 6.26. The predicted octanol–water partition coefficient (Wildman–Crippen LogP) is 2.80. The van der Waals surface area contributed by atoms with Crippen LogP contribution in [0.1, 0.15) is 48.6 Å².